The van der Waals surface area contributed by atoms with E-state index in [2.05, 4.69) is 21.3 Å². The molecule has 0 bridgehead atoms. The first-order valence-corrected chi connectivity index (χ1v) is 8.76. The lowest BCUT2D eigenvalue weighted by Gasteiger charge is -2.10. The maximum atomic E-state index is 8.73. The number of aromatic nitrogens is 4. The summed E-state index contributed by atoms with van der Waals surface area (Å²) in [7, 11) is 0. The van der Waals surface area contributed by atoms with Gasteiger partial charge in [0.25, 0.3) is 0 Å². The summed E-state index contributed by atoms with van der Waals surface area (Å²) in [4.78, 5) is 4.13. The van der Waals surface area contributed by atoms with Crippen LogP contribution in [-0.4, -0.2) is 25.5 Å². The quantitative estimate of drug-likeness (QED) is 0.479. The van der Waals surface area contributed by atoms with Gasteiger partial charge in [0.15, 0.2) is 11.0 Å². The molecule has 0 saturated carbocycles. The largest absolute Gasteiger partial charge is 0.270 e. The van der Waals surface area contributed by atoms with Gasteiger partial charge in [0.05, 0.1) is 21.8 Å². The molecule has 0 unspecified atom stereocenters. The number of hydrogen-bond donors (Lipinski definition) is 0. The van der Waals surface area contributed by atoms with Gasteiger partial charge in [-0.05, 0) is 30.3 Å². The second-order valence-electron chi connectivity index (χ2n) is 4.74. The number of thioether (sulfide) groups is 1. The molecule has 1 aromatic carbocycles. The van der Waals surface area contributed by atoms with Crippen molar-refractivity contribution in [2.45, 2.75) is 11.6 Å². The predicted octanol–water partition coefficient (Wildman–Crippen LogP) is 4.64. The first kappa shape index (κ1) is 16.8. The first-order valence-electron chi connectivity index (χ1n) is 7.01. The number of benzene rings is 1. The standard InChI is InChI=1S/C16H11Cl2N5S/c17-13-5-4-12(9-14(13)18)23-15(11-3-1-7-20-10-11)21-22-16(23)24-8-2-6-19/h1,3-5,7,9-10H,2,8H2. The van der Waals surface area contributed by atoms with Crippen molar-refractivity contribution in [3.05, 3.63) is 52.8 Å². The third-order valence-electron chi connectivity index (χ3n) is 3.16. The molecule has 3 rings (SSSR count). The van der Waals surface area contributed by atoms with Gasteiger partial charge >= 0.3 is 0 Å². The van der Waals surface area contributed by atoms with E-state index in [0.29, 0.717) is 33.2 Å². The molecule has 0 aliphatic heterocycles. The van der Waals surface area contributed by atoms with E-state index in [0.717, 1.165) is 11.3 Å². The van der Waals surface area contributed by atoms with Gasteiger partial charge in [-0.15, -0.1) is 10.2 Å². The van der Waals surface area contributed by atoms with E-state index in [1.807, 2.05) is 22.8 Å². The van der Waals surface area contributed by atoms with E-state index in [9.17, 15) is 0 Å². The van der Waals surface area contributed by atoms with Gasteiger partial charge in [-0.25, -0.2) is 0 Å². The number of pyridine rings is 1. The summed E-state index contributed by atoms with van der Waals surface area (Å²) in [6, 6.07) is 11.2. The van der Waals surface area contributed by atoms with Crippen LogP contribution in [0.3, 0.4) is 0 Å². The fraction of sp³-hybridized carbons (Fsp3) is 0.125. The van der Waals surface area contributed by atoms with Crippen molar-refractivity contribution >= 4 is 35.0 Å². The van der Waals surface area contributed by atoms with E-state index >= 15 is 0 Å². The van der Waals surface area contributed by atoms with Crippen LogP contribution in [0.1, 0.15) is 6.42 Å². The molecule has 8 heteroatoms. The molecular weight excluding hydrogens is 365 g/mol. The van der Waals surface area contributed by atoms with Crippen LogP contribution in [-0.2, 0) is 0 Å². The SMILES string of the molecule is N#CCCSc1nnc(-c2cccnc2)n1-c1ccc(Cl)c(Cl)c1. The molecule has 120 valence electrons. The van der Waals surface area contributed by atoms with Crippen LogP contribution in [0.5, 0.6) is 0 Å². The van der Waals surface area contributed by atoms with E-state index in [-0.39, 0.29) is 0 Å². The van der Waals surface area contributed by atoms with Crippen LogP contribution in [0.4, 0.5) is 0 Å². The topological polar surface area (TPSA) is 67.4 Å². The van der Waals surface area contributed by atoms with Crippen LogP contribution in [0, 0.1) is 11.3 Å². The highest BCUT2D eigenvalue weighted by Crippen LogP contribution is 2.31. The minimum absolute atomic E-state index is 0.432. The van der Waals surface area contributed by atoms with Gasteiger partial charge in [0, 0.05) is 30.1 Å². The molecule has 0 atom stereocenters. The Morgan fingerprint density at radius 3 is 2.75 bits per heavy atom. The van der Waals surface area contributed by atoms with Crippen molar-refractivity contribution in [2.24, 2.45) is 0 Å². The van der Waals surface area contributed by atoms with Gasteiger partial charge in [-0.2, -0.15) is 5.26 Å². The average Bonchev–Trinajstić information content (AvgIpc) is 3.02. The highest BCUT2D eigenvalue weighted by molar-refractivity contribution is 7.99. The molecule has 3 aromatic rings. The van der Waals surface area contributed by atoms with E-state index < -0.39 is 0 Å². The lowest BCUT2D eigenvalue weighted by Crippen LogP contribution is -2.00. The van der Waals surface area contributed by atoms with Crippen molar-refractivity contribution in [1.82, 2.24) is 19.7 Å². The summed E-state index contributed by atoms with van der Waals surface area (Å²) >= 11 is 13.6. The summed E-state index contributed by atoms with van der Waals surface area (Å²) in [6.45, 7) is 0. The molecule has 5 nitrogen and oxygen atoms in total. The molecule has 2 heterocycles. The fourth-order valence-electron chi connectivity index (χ4n) is 2.09. The number of halogens is 2. The zero-order valence-electron chi connectivity index (χ0n) is 12.4. The Balaban J connectivity index is 2.10. The molecule has 0 aliphatic carbocycles. The zero-order chi connectivity index (χ0) is 16.9. The summed E-state index contributed by atoms with van der Waals surface area (Å²) in [6.07, 6.45) is 3.86. The van der Waals surface area contributed by atoms with Crippen LogP contribution in [0.2, 0.25) is 10.0 Å². The minimum Gasteiger partial charge on any atom is -0.270 e. The van der Waals surface area contributed by atoms with Gasteiger partial charge in [0.1, 0.15) is 0 Å². The third kappa shape index (κ3) is 3.54. The van der Waals surface area contributed by atoms with Gasteiger partial charge < -0.3 is 0 Å². The molecule has 0 saturated heterocycles. The van der Waals surface area contributed by atoms with Crippen LogP contribution in [0.15, 0.2) is 47.9 Å². The number of rotatable bonds is 5. The van der Waals surface area contributed by atoms with Gasteiger partial charge in [-0.3, -0.25) is 9.55 Å². The Labute approximate surface area is 153 Å². The average molecular weight is 376 g/mol. The summed E-state index contributed by atoms with van der Waals surface area (Å²) in [5.74, 6) is 1.28. The van der Waals surface area contributed by atoms with Gasteiger partial charge in [-0.1, -0.05) is 35.0 Å². The summed E-state index contributed by atoms with van der Waals surface area (Å²) < 4.78 is 1.89. The lowest BCUT2D eigenvalue weighted by molar-refractivity contribution is 0.885. The smallest absolute Gasteiger partial charge is 0.196 e. The maximum Gasteiger partial charge on any atom is 0.196 e. The van der Waals surface area contributed by atoms with Crippen LogP contribution >= 0.6 is 35.0 Å². The molecular formula is C16H11Cl2N5S. The Hall–Kier alpha value is -2.07. The normalized spacial score (nSPS) is 10.5. The molecule has 24 heavy (non-hydrogen) atoms. The molecule has 0 amide bonds. The third-order valence-corrected chi connectivity index (χ3v) is 4.83. The van der Waals surface area contributed by atoms with Crippen molar-refractivity contribution in [1.29, 1.82) is 5.26 Å². The molecule has 0 fully saturated rings. The highest BCUT2D eigenvalue weighted by atomic mass is 35.5. The van der Waals surface area contributed by atoms with Crippen molar-refractivity contribution in [3.63, 3.8) is 0 Å². The molecule has 0 spiro atoms. The van der Waals surface area contributed by atoms with Crippen molar-refractivity contribution in [3.8, 4) is 23.1 Å². The molecule has 0 N–H and O–H groups in total. The lowest BCUT2D eigenvalue weighted by atomic mass is 10.2. The van der Waals surface area contributed by atoms with Crippen molar-refractivity contribution in [2.75, 3.05) is 5.75 Å². The monoisotopic (exact) mass is 375 g/mol. The summed E-state index contributed by atoms with van der Waals surface area (Å²) in [5, 5.41) is 18.9. The Bertz CT molecular complexity index is 889. The molecule has 0 aliphatic rings. The number of nitrogens with zero attached hydrogens (tertiary/aromatic N) is 5. The predicted molar refractivity (Wildman–Crippen MR) is 95.6 cm³/mol. The molecule has 2 aromatic heterocycles. The first-order chi connectivity index (χ1) is 11.7. The Kier molecular flexibility index (Phi) is 5.36. The number of hydrogen-bond acceptors (Lipinski definition) is 5. The van der Waals surface area contributed by atoms with Crippen LogP contribution in [0.25, 0.3) is 17.1 Å². The van der Waals surface area contributed by atoms with E-state index in [1.54, 1.807) is 24.5 Å². The van der Waals surface area contributed by atoms with E-state index in [1.165, 1.54) is 11.8 Å². The number of nitriles is 1. The van der Waals surface area contributed by atoms with Gasteiger partial charge in [0.2, 0.25) is 0 Å². The minimum atomic E-state index is 0.432. The second-order valence-corrected chi connectivity index (χ2v) is 6.61. The van der Waals surface area contributed by atoms with Crippen LogP contribution < -0.4 is 0 Å². The fourth-order valence-corrected chi connectivity index (χ4v) is 3.18. The maximum absolute atomic E-state index is 8.73. The second kappa shape index (κ2) is 7.67. The summed E-state index contributed by atoms with van der Waals surface area (Å²) in [5.41, 5.74) is 1.64. The Morgan fingerprint density at radius 2 is 2.04 bits per heavy atom. The van der Waals surface area contributed by atoms with Crippen molar-refractivity contribution < 1.29 is 0 Å². The zero-order valence-corrected chi connectivity index (χ0v) is 14.7. The Morgan fingerprint density at radius 1 is 1.17 bits per heavy atom. The van der Waals surface area contributed by atoms with E-state index in [4.69, 9.17) is 28.5 Å². The highest BCUT2D eigenvalue weighted by Gasteiger charge is 2.17. The molecule has 0 radical (unpaired) electrons.